The van der Waals surface area contributed by atoms with E-state index in [1.807, 2.05) is 19.1 Å². The van der Waals surface area contributed by atoms with Gasteiger partial charge in [0.25, 0.3) is 0 Å². The minimum Gasteiger partial charge on any atom is -0.380 e. The van der Waals surface area contributed by atoms with E-state index in [4.69, 9.17) is 4.74 Å². The van der Waals surface area contributed by atoms with Crippen LogP contribution in [0.1, 0.15) is 12.0 Å². The zero-order valence-electron chi connectivity index (χ0n) is 10.7. The SMILES string of the molecule is CNC1CCOCC1S(=O)(=O)c1ccccc1C. The van der Waals surface area contributed by atoms with Crippen molar-refractivity contribution >= 4 is 9.84 Å². The Hall–Kier alpha value is -0.910. The van der Waals surface area contributed by atoms with Crippen molar-refractivity contribution in [3.8, 4) is 0 Å². The number of benzene rings is 1. The molecule has 2 rings (SSSR count). The predicted octanol–water partition coefficient (Wildman–Crippen LogP) is 1.15. The zero-order chi connectivity index (χ0) is 13.2. The molecule has 2 atom stereocenters. The fourth-order valence-electron chi connectivity index (χ4n) is 2.39. The highest BCUT2D eigenvalue weighted by Gasteiger charge is 2.37. The molecule has 1 aliphatic heterocycles. The summed E-state index contributed by atoms with van der Waals surface area (Å²) in [5, 5.41) is 2.59. The molecule has 0 aromatic heterocycles. The lowest BCUT2D eigenvalue weighted by Gasteiger charge is -2.31. The van der Waals surface area contributed by atoms with Crippen molar-refractivity contribution in [2.24, 2.45) is 0 Å². The molecule has 4 nitrogen and oxygen atoms in total. The first-order valence-electron chi connectivity index (χ1n) is 6.12. The van der Waals surface area contributed by atoms with Crippen LogP contribution in [0, 0.1) is 6.92 Å². The van der Waals surface area contributed by atoms with Crippen LogP contribution in [-0.2, 0) is 14.6 Å². The lowest BCUT2D eigenvalue weighted by atomic mass is 10.1. The third-order valence-corrected chi connectivity index (χ3v) is 5.81. The second kappa shape index (κ2) is 5.38. The van der Waals surface area contributed by atoms with Crippen molar-refractivity contribution in [1.29, 1.82) is 0 Å². The van der Waals surface area contributed by atoms with E-state index in [9.17, 15) is 8.42 Å². The molecular weight excluding hydrogens is 250 g/mol. The first-order valence-corrected chi connectivity index (χ1v) is 7.66. The van der Waals surface area contributed by atoms with Crippen molar-refractivity contribution < 1.29 is 13.2 Å². The number of ether oxygens (including phenoxy) is 1. The summed E-state index contributed by atoms with van der Waals surface area (Å²) in [6, 6.07) is 7.07. The average Bonchev–Trinajstić information content (AvgIpc) is 2.39. The van der Waals surface area contributed by atoms with E-state index in [0.717, 1.165) is 12.0 Å². The maximum Gasteiger partial charge on any atom is 0.185 e. The van der Waals surface area contributed by atoms with Crippen LogP contribution in [0.2, 0.25) is 0 Å². The van der Waals surface area contributed by atoms with Gasteiger partial charge in [-0.25, -0.2) is 8.42 Å². The van der Waals surface area contributed by atoms with Gasteiger partial charge in [0.1, 0.15) is 5.25 Å². The van der Waals surface area contributed by atoms with Crippen molar-refractivity contribution in [2.75, 3.05) is 20.3 Å². The third-order valence-electron chi connectivity index (χ3n) is 3.47. The van der Waals surface area contributed by atoms with E-state index in [1.165, 1.54) is 0 Å². The van der Waals surface area contributed by atoms with E-state index < -0.39 is 15.1 Å². The van der Waals surface area contributed by atoms with Gasteiger partial charge in [0.15, 0.2) is 9.84 Å². The monoisotopic (exact) mass is 269 g/mol. The van der Waals surface area contributed by atoms with E-state index in [1.54, 1.807) is 19.2 Å². The summed E-state index contributed by atoms with van der Waals surface area (Å²) >= 11 is 0. The number of sulfone groups is 1. The van der Waals surface area contributed by atoms with Gasteiger partial charge in [0, 0.05) is 12.6 Å². The summed E-state index contributed by atoms with van der Waals surface area (Å²) in [4.78, 5) is 0.417. The first kappa shape index (κ1) is 13.5. The quantitative estimate of drug-likeness (QED) is 0.894. The Bertz CT molecular complexity index is 513. The van der Waals surface area contributed by atoms with Crippen LogP contribution in [0.5, 0.6) is 0 Å². The highest BCUT2D eigenvalue weighted by molar-refractivity contribution is 7.92. The predicted molar refractivity (Wildman–Crippen MR) is 70.4 cm³/mol. The Kier molecular flexibility index (Phi) is 4.04. The van der Waals surface area contributed by atoms with Gasteiger partial charge in [-0.3, -0.25) is 0 Å². The fraction of sp³-hybridized carbons (Fsp3) is 0.538. The average molecular weight is 269 g/mol. The Morgan fingerprint density at radius 3 is 2.72 bits per heavy atom. The summed E-state index contributed by atoms with van der Waals surface area (Å²) in [6.07, 6.45) is 0.728. The van der Waals surface area contributed by atoms with Gasteiger partial charge in [-0.1, -0.05) is 18.2 Å². The van der Waals surface area contributed by atoms with E-state index >= 15 is 0 Å². The maximum atomic E-state index is 12.7. The molecule has 18 heavy (non-hydrogen) atoms. The van der Waals surface area contributed by atoms with Crippen LogP contribution in [-0.4, -0.2) is 40.0 Å². The molecule has 1 aliphatic rings. The van der Waals surface area contributed by atoms with Crippen LogP contribution in [0.15, 0.2) is 29.2 Å². The molecule has 1 fully saturated rings. The van der Waals surface area contributed by atoms with E-state index in [2.05, 4.69) is 5.32 Å². The molecule has 1 heterocycles. The molecule has 1 aromatic rings. The van der Waals surface area contributed by atoms with Gasteiger partial charge >= 0.3 is 0 Å². The Morgan fingerprint density at radius 1 is 1.33 bits per heavy atom. The van der Waals surface area contributed by atoms with Gasteiger partial charge in [0.05, 0.1) is 11.5 Å². The van der Waals surface area contributed by atoms with Crippen molar-refractivity contribution in [2.45, 2.75) is 29.5 Å². The van der Waals surface area contributed by atoms with Crippen LogP contribution in [0.4, 0.5) is 0 Å². The molecular formula is C13H19NO3S. The van der Waals surface area contributed by atoms with E-state index in [-0.39, 0.29) is 12.6 Å². The van der Waals surface area contributed by atoms with Crippen molar-refractivity contribution in [1.82, 2.24) is 5.32 Å². The Morgan fingerprint density at radius 2 is 2.06 bits per heavy atom. The van der Waals surface area contributed by atoms with Crippen LogP contribution < -0.4 is 5.32 Å². The maximum absolute atomic E-state index is 12.7. The van der Waals surface area contributed by atoms with Crippen molar-refractivity contribution in [3.63, 3.8) is 0 Å². The third kappa shape index (κ3) is 2.43. The molecule has 2 unspecified atom stereocenters. The minimum atomic E-state index is -3.34. The molecule has 1 N–H and O–H groups in total. The second-order valence-corrected chi connectivity index (χ2v) is 6.74. The molecule has 0 amide bonds. The number of aryl methyl sites for hydroxylation is 1. The molecule has 0 spiro atoms. The van der Waals surface area contributed by atoms with Gasteiger partial charge in [0.2, 0.25) is 0 Å². The van der Waals surface area contributed by atoms with Gasteiger partial charge in [-0.15, -0.1) is 0 Å². The topological polar surface area (TPSA) is 55.4 Å². The zero-order valence-corrected chi connectivity index (χ0v) is 11.5. The standard InChI is InChI=1S/C13H19NO3S/c1-10-5-3-4-6-12(10)18(15,16)13-9-17-8-7-11(13)14-2/h3-6,11,13-14H,7-9H2,1-2H3. The first-order chi connectivity index (χ1) is 8.57. The van der Waals surface area contributed by atoms with E-state index in [0.29, 0.717) is 11.5 Å². The van der Waals surface area contributed by atoms with Crippen LogP contribution in [0.3, 0.4) is 0 Å². The summed E-state index contributed by atoms with van der Waals surface area (Å²) < 4.78 is 30.7. The number of rotatable bonds is 3. The largest absolute Gasteiger partial charge is 0.380 e. The lowest BCUT2D eigenvalue weighted by molar-refractivity contribution is 0.0825. The number of nitrogens with one attached hydrogen (secondary N) is 1. The molecule has 0 radical (unpaired) electrons. The highest BCUT2D eigenvalue weighted by Crippen LogP contribution is 2.25. The highest BCUT2D eigenvalue weighted by atomic mass is 32.2. The smallest absolute Gasteiger partial charge is 0.185 e. The Balaban J connectivity index is 2.39. The molecule has 1 aromatic carbocycles. The van der Waals surface area contributed by atoms with Crippen LogP contribution >= 0.6 is 0 Å². The van der Waals surface area contributed by atoms with Gasteiger partial charge in [-0.05, 0) is 32.0 Å². The normalized spacial score (nSPS) is 25.0. The summed E-state index contributed by atoms with van der Waals surface area (Å²) in [7, 11) is -1.54. The van der Waals surface area contributed by atoms with Crippen LogP contribution in [0.25, 0.3) is 0 Å². The summed E-state index contributed by atoms with van der Waals surface area (Å²) in [5.41, 5.74) is 0.790. The molecule has 0 aliphatic carbocycles. The molecule has 1 saturated heterocycles. The number of hydrogen-bond donors (Lipinski definition) is 1. The molecule has 0 saturated carbocycles. The molecule has 0 bridgehead atoms. The summed E-state index contributed by atoms with van der Waals surface area (Å²) in [6.45, 7) is 2.71. The molecule has 5 heteroatoms. The lowest BCUT2D eigenvalue weighted by Crippen LogP contribution is -2.49. The van der Waals surface area contributed by atoms with Gasteiger partial charge in [-0.2, -0.15) is 0 Å². The second-order valence-electron chi connectivity index (χ2n) is 4.61. The summed E-state index contributed by atoms with van der Waals surface area (Å²) in [5.74, 6) is 0. The van der Waals surface area contributed by atoms with Gasteiger partial charge < -0.3 is 10.1 Å². The number of hydrogen-bond acceptors (Lipinski definition) is 4. The molecule has 100 valence electrons. The van der Waals surface area contributed by atoms with Crippen molar-refractivity contribution in [3.05, 3.63) is 29.8 Å². The minimum absolute atomic E-state index is 0.0386. The Labute approximate surface area is 108 Å². The fourth-order valence-corrected chi connectivity index (χ4v) is 4.48.